The van der Waals surface area contributed by atoms with Crippen molar-refractivity contribution in [3.8, 4) is 0 Å². The SMILES string of the molecule is O=C(Nc1cccc(Cl)c1)N1CCC(O)(C2CCC2)CC1. The number of rotatable bonds is 2. The molecule has 21 heavy (non-hydrogen) atoms. The number of nitrogens with one attached hydrogen (secondary N) is 1. The number of carbonyl (C=O) groups excluding carboxylic acids is 1. The summed E-state index contributed by atoms with van der Waals surface area (Å²) >= 11 is 5.91. The van der Waals surface area contributed by atoms with Crippen molar-refractivity contribution in [1.29, 1.82) is 0 Å². The summed E-state index contributed by atoms with van der Waals surface area (Å²) in [5, 5.41) is 14.1. The normalized spacial score (nSPS) is 21.7. The number of piperidine rings is 1. The molecule has 0 spiro atoms. The predicted octanol–water partition coefficient (Wildman–Crippen LogP) is 3.50. The average Bonchev–Trinajstić information content (AvgIpc) is 2.36. The summed E-state index contributed by atoms with van der Waals surface area (Å²) in [6, 6.07) is 7.01. The standard InChI is InChI=1S/C16H21ClN2O2/c17-13-5-2-6-14(11-13)18-15(20)19-9-7-16(21,8-10-19)12-3-1-4-12/h2,5-6,11-12,21H,1,3-4,7-10H2,(H,18,20). The zero-order valence-electron chi connectivity index (χ0n) is 12.0. The number of hydrogen-bond donors (Lipinski definition) is 2. The minimum absolute atomic E-state index is 0.118. The van der Waals surface area contributed by atoms with Crippen molar-refractivity contribution in [1.82, 2.24) is 4.90 Å². The van der Waals surface area contributed by atoms with Gasteiger partial charge in [-0.25, -0.2) is 4.79 Å². The van der Waals surface area contributed by atoms with E-state index in [1.165, 1.54) is 6.42 Å². The third-order valence-electron chi connectivity index (χ3n) is 4.86. The Morgan fingerprint density at radius 1 is 1.33 bits per heavy atom. The second-order valence-corrected chi connectivity index (χ2v) is 6.60. The van der Waals surface area contributed by atoms with Crippen molar-refractivity contribution >= 4 is 23.3 Å². The highest BCUT2D eigenvalue weighted by Crippen LogP contribution is 2.41. The molecule has 0 unspecified atom stereocenters. The molecule has 1 saturated carbocycles. The predicted molar refractivity (Wildman–Crippen MR) is 83.6 cm³/mol. The summed E-state index contributed by atoms with van der Waals surface area (Å²) < 4.78 is 0. The number of aliphatic hydroxyl groups is 1. The lowest BCUT2D eigenvalue weighted by Crippen LogP contribution is -2.52. The third kappa shape index (κ3) is 3.16. The number of carbonyl (C=O) groups is 1. The molecule has 0 aromatic heterocycles. The molecular weight excluding hydrogens is 288 g/mol. The van der Waals surface area contributed by atoms with Gasteiger partial charge in [-0.05, 0) is 49.8 Å². The Morgan fingerprint density at radius 3 is 2.62 bits per heavy atom. The van der Waals surface area contributed by atoms with Gasteiger partial charge in [-0.1, -0.05) is 24.1 Å². The van der Waals surface area contributed by atoms with E-state index in [4.69, 9.17) is 11.6 Å². The van der Waals surface area contributed by atoms with Gasteiger partial charge >= 0.3 is 6.03 Å². The molecule has 0 bridgehead atoms. The van der Waals surface area contributed by atoms with Gasteiger partial charge < -0.3 is 15.3 Å². The highest BCUT2D eigenvalue weighted by Gasteiger charge is 2.42. The molecule has 1 heterocycles. The van der Waals surface area contributed by atoms with Crippen LogP contribution >= 0.6 is 11.6 Å². The van der Waals surface area contributed by atoms with Crippen LogP contribution in [0.1, 0.15) is 32.1 Å². The van der Waals surface area contributed by atoms with Gasteiger partial charge in [-0.3, -0.25) is 0 Å². The zero-order chi connectivity index (χ0) is 14.9. The molecule has 3 rings (SSSR count). The summed E-state index contributed by atoms with van der Waals surface area (Å²) in [5.74, 6) is 0.440. The van der Waals surface area contributed by atoms with E-state index >= 15 is 0 Å². The second-order valence-electron chi connectivity index (χ2n) is 6.16. The largest absolute Gasteiger partial charge is 0.389 e. The first-order valence-electron chi connectivity index (χ1n) is 7.61. The first kappa shape index (κ1) is 14.7. The van der Waals surface area contributed by atoms with Gasteiger partial charge in [0.15, 0.2) is 0 Å². The number of nitrogens with zero attached hydrogens (tertiary/aromatic N) is 1. The maximum absolute atomic E-state index is 12.2. The van der Waals surface area contributed by atoms with Crippen molar-refractivity contribution in [2.24, 2.45) is 5.92 Å². The maximum Gasteiger partial charge on any atom is 0.321 e. The van der Waals surface area contributed by atoms with E-state index < -0.39 is 5.60 Å². The van der Waals surface area contributed by atoms with Gasteiger partial charge in [0, 0.05) is 23.8 Å². The molecule has 1 aromatic rings. The van der Waals surface area contributed by atoms with Crippen LogP contribution in [-0.4, -0.2) is 34.7 Å². The molecule has 1 aliphatic heterocycles. The molecular formula is C16H21ClN2O2. The number of amides is 2. The Kier molecular flexibility index (Phi) is 4.09. The van der Waals surface area contributed by atoms with Crippen molar-refractivity contribution in [3.63, 3.8) is 0 Å². The maximum atomic E-state index is 12.2. The van der Waals surface area contributed by atoms with Gasteiger partial charge in [-0.15, -0.1) is 0 Å². The molecule has 0 radical (unpaired) electrons. The first-order valence-corrected chi connectivity index (χ1v) is 7.98. The lowest BCUT2D eigenvalue weighted by molar-refractivity contribution is -0.0845. The van der Waals surface area contributed by atoms with E-state index in [9.17, 15) is 9.90 Å². The molecule has 2 amide bonds. The number of anilines is 1. The highest BCUT2D eigenvalue weighted by molar-refractivity contribution is 6.30. The van der Waals surface area contributed by atoms with Crippen LogP contribution in [0.3, 0.4) is 0 Å². The minimum Gasteiger partial charge on any atom is -0.389 e. The highest BCUT2D eigenvalue weighted by atomic mass is 35.5. The van der Waals surface area contributed by atoms with Crippen molar-refractivity contribution in [3.05, 3.63) is 29.3 Å². The smallest absolute Gasteiger partial charge is 0.321 e. The topological polar surface area (TPSA) is 52.6 Å². The van der Waals surface area contributed by atoms with Crippen LogP contribution < -0.4 is 5.32 Å². The van der Waals surface area contributed by atoms with Crippen LogP contribution in [0.5, 0.6) is 0 Å². The monoisotopic (exact) mass is 308 g/mol. The Hall–Kier alpha value is -1.26. The Labute approximate surface area is 130 Å². The van der Waals surface area contributed by atoms with Crippen LogP contribution in [0.2, 0.25) is 5.02 Å². The second kappa shape index (κ2) is 5.85. The molecule has 4 nitrogen and oxygen atoms in total. The number of halogens is 1. The molecule has 0 atom stereocenters. The summed E-state index contributed by atoms with van der Waals surface area (Å²) in [6.07, 6.45) is 4.85. The molecule has 1 saturated heterocycles. The van der Waals surface area contributed by atoms with E-state index in [1.54, 1.807) is 17.0 Å². The van der Waals surface area contributed by atoms with Crippen LogP contribution in [0, 0.1) is 5.92 Å². The summed E-state index contributed by atoms with van der Waals surface area (Å²) in [7, 11) is 0. The van der Waals surface area contributed by atoms with Crippen molar-refractivity contribution in [2.45, 2.75) is 37.7 Å². The molecule has 2 fully saturated rings. The Balaban J connectivity index is 1.55. The lowest BCUT2D eigenvalue weighted by Gasteiger charge is -2.46. The minimum atomic E-state index is -0.551. The van der Waals surface area contributed by atoms with Gasteiger partial charge in [0.2, 0.25) is 0 Å². The number of benzene rings is 1. The van der Waals surface area contributed by atoms with E-state index in [1.807, 2.05) is 12.1 Å². The average molecular weight is 309 g/mol. The van der Waals surface area contributed by atoms with E-state index in [0.717, 1.165) is 12.8 Å². The fourth-order valence-electron chi connectivity index (χ4n) is 3.22. The van der Waals surface area contributed by atoms with E-state index in [-0.39, 0.29) is 6.03 Å². The number of urea groups is 1. The van der Waals surface area contributed by atoms with Gasteiger partial charge in [-0.2, -0.15) is 0 Å². The van der Waals surface area contributed by atoms with Crippen LogP contribution in [-0.2, 0) is 0 Å². The fraction of sp³-hybridized carbons (Fsp3) is 0.562. The molecule has 1 aromatic carbocycles. The van der Waals surface area contributed by atoms with Gasteiger partial charge in [0.25, 0.3) is 0 Å². The number of likely N-dealkylation sites (tertiary alicyclic amines) is 1. The van der Waals surface area contributed by atoms with Gasteiger partial charge in [0.05, 0.1) is 5.60 Å². The molecule has 2 aliphatic rings. The fourth-order valence-corrected chi connectivity index (χ4v) is 3.41. The molecule has 114 valence electrons. The van der Waals surface area contributed by atoms with Crippen molar-refractivity contribution < 1.29 is 9.90 Å². The third-order valence-corrected chi connectivity index (χ3v) is 5.09. The van der Waals surface area contributed by atoms with Crippen molar-refractivity contribution in [2.75, 3.05) is 18.4 Å². The van der Waals surface area contributed by atoms with Gasteiger partial charge in [0.1, 0.15) is 0 Å². The summed E-state index contributed by atoms with van der Waals surface area (Å²) in [4.78, 5) is 14.0. The Morgan fingerprint density at radius 2 is 2.05 bits per heavy atom. The first-order chi connectivity index (χ1) is 10.1. The lowest BCUT2D eigenvalue weighted by atomic mass is 9.69. The molecule has 5 heteroatoms. The zero-order valence-corrected chi connectivity index (χ0v) is 12.8. The Bertz CT molecular complexity index is 523. The van der Waals surface area contributed by atoms with E-state index in [0.29, 0.717) is 42.6 Å². The van der Waals surface area contributed by atoms with Crippen LogP contribution in [0.25, 0.3) is 0 Å². The molecule has 2 N–H and O–H groups in total. The number of hydrogen-bond acceptors (Lipinski definition) is 2. The summed E-state index contributed by atoms with van der Waals surface area (Å²) in [5.41, 5.74) is 0.151. The molecule has 1 aliphatic carbocycles. The summed E-state index contributed by atoms with van der Waals surface area (Å²) in [6.45, 7) is 1.22. The van der Waals surface area contributed by atoms with Crippen LogP contribution in [0.15, 0.2) is 24.3 Å². The van der Waals surface area contributed by atoms with Crippen LogP contribution in [0.4, 0.5) is 10.5 Å². The quantitative estimate of drug-likeness (QED) is 0.878. The van der Waals surface area contributed by atoms with E-state index in [2.05, 4.69) is 5.32 Å².